The number of anilines is 1. The molecule has 0 aliphatic rings. The Balaban J connectivity index is 2.76. The Morgan fingerprint density at radius 1 is 1.35 bits per heavy atom. The van der Waals surface area contributed by atoms with Gasteiger partial charge in [0.1, 0.15) is 11.0 Å². The van der Waals surface area contributed by atoms with Crippen LogP contribution in [-0.2, 0) is 7.05 Å². The van der Waals surface area contributed by atoms with Gasteiger partial charge in [-0.3, -0.25) is 4.68 Å². The number of fused-ring (bicyclic) bond motifs is 1. The lowest BCUT2D eigenvalue weighted by Gasteiger charge is -2.22. The standard InChI is InChI=1S/C12H17BrN4/c1-5-17(6-2)9-7-8(3)14-10-11(9)16(4)15-12(10)13/h7H,5-6H2,1-4H3. The molecule has 2 heterocycles. The molecule has 0 spiro atoms. The van der Waals surface area contributed by atoms with E-state index >= 15 is 0 Å². The van der Waals surface area contributed by atoms with Crippen LogP contribution in [0.25, 0.3) is 11.0 Å². The van der Waals surface area contributed by atoms with Crippen molar-refractivity contribution in [3.8, 4) is 0 Å². The molecular formula is C12H17BrN4. The molecule has 2 rings (SSSR count). The van der Waals surface area contributed by atoms with E-state index in [4.69, 9.17) is 0 Å². The number of aryl methyl sites for hydroxylation is 2. The van der Waals surface area contributed by atoms with Gasteiger partial charge in [0.25, 0.3) is 0 Å². The summed E-state index contributed by atoms with van der Waals surface area (Å²) in [6, 6.07) is 2.13. The minimum atomic E-state index is 0.812. The van der Waals surface area contributed by atoms with Crippen LogP contribution in [0.2, 0.25) is 0 Å². The molecule has 0 atom stereocenters. The Hall–Kier alpha value is -1.10. The summed E-state index contributed by atoms with van der Waals surface area (Å²) in [7, 11) is 1.96. The van der Waals surface area contributed by atoms with E-state index < -0.39 is 0 Å². The van der Waals surface area contributed by atoms with Gasteiger partial charge in [0.05, 0.1) is 5.69 Å². The maximum Gasteiger partial charge on any atom is 0.154 e. The molecule has 0 N–H and O–H groups in total. The van der Waals surface area contributed by atoms with Gasteiger partial charge in [-0.05, 0) is 42.8 Å². The van der Waals surface area contributed by atoms with E-state index in [1.165, 1.54) is 5.69 Å². The lowest BCUT2D eigenvalue weighted by molar-refractivity contribution is 0.781. The average Bonchev–Trinajstić information content (AvgIpc) is 2.56. The van der Waals surface area contributed by atoms with Crippen LogP contribution in [0.15, 0.2) is 10.7 Å². The Bertz CT molecular complexity index is 543. The molecule has 0 radical (unpaired) electrons. The summed E-state index contributed by atoms with van der Waals surface area (Å²) in [5.41, 5.74) is 4.26. The average molecular weight is 297 g/mol. The molecule has 5 heteroatoms. The van der Waals surface area contributed by atoms with Crippen molar-refractivity contribution in [1.29, 1.82) is 0 Å². The zero-order chi connectivity index (χ0) is 12.6. The molecule has 0 aliphatic carbocycles. The summed E-state index contributed by atoms with van der Waals surface area (Å²) in [6.45, 7) is 8.31. The highest BCUT2D eigenvalue weighted by molar-refractivity contribution is 9.10. The van der Waals surface area contributed by atoms with Crippen LogP contribution in [-0.4, -0.2) is 27.9 Å². The van der Waals surface area contributed by atoms with Gasteiger partial charge >= 0.3 is 0 Å². The quantitative estimate of drug-likeness (QED) is 0.873. The molecule has 0 unspecified atom stereocenters. The van der Waals surface area contributed by atoms with Crippen molar-refractivity contribution in [2.45, 2.75) is 20.8 Å². The topological polar surface area (TPSA) is 34.0 Å². The largest absolute Gasteiger partial charge is 0.370 e. The Labute approximate surface area is 110 Å². The Kier molecular flexibility index (Phi) is 3.38. The lowest BCUT2D eigenvalue weighted by atomic mass is 10.2. The number of pyridine rings is 1. The monoisotopic (exact) mass is 296 g/mol. The number of rotatable bonds is 3. The zero-order valence-electron chi connectivity index (χ0n) is 10.7. The van der Waals surface area contributed by atoms with E-state index in [1.807, 2.05) is 18.7 Å². The second-order valence-electron chi connectivity index (χ2n) is 4.07. The van der Waals surface area contributed by atoms with E-state index in [9.17, 15) is 0 Å². The fraction of sp³-hybridized carbons (Fsp3) is 0.500. The summed E-state index contributed by atoms with van der Waals surface area (Å²) in [5.74, 6) is 0. The summed E-state index contributed by atoms with van der Waals surface area (Å²) >= 11 is 3.47. The van der Waals surface area contributed by atoms with E-state index in [1.54, 1.807) is 0 Å². The molecule has 0 amide bonds. The minimum absolute atomic E-state index is 0.812. The zero-order valence-corrected chi connectivity index (χ0v) is 12.2. The van der Waals surface area contributed by atoms with E-state index in [2.05, 4.69) is 50.8 Å². The van der Waals surface area contributed by atoms with Crippen LogP contribution in [0, 0.1) is 6.92 Å². The third-order valence-electron chi connectivity index (χ3n) is 2.96. The van der Waals surface area contributed by atoms with Gasteiger partial charge in [0.15, 0.2) is 4.60 Å². The fourth-order valence-electron chi connectivity index (χ4n) is 2.15. The first kappa shape index (κ1) is 12.4. The predicted octanol–water partition coefficient (Wildman–Crippen LogP) is 2.89. The molecule has 92 valence electrons. The summed E-state index contributed by atoms with van der Waals surface area (Å²) in [6.07, 6.45) is 0. The molecule has 2 aromatic rings. The first-order chi connectivity index (χ1) is 8.08. The van der Waals surface area contributed by atoms with Crippen LogP contribution in [0.4, 0.5) is 5.69 Å². The summed E-state index contributed by atoms with van der Waals surface area (Å²) in [4.78, 5) is 6.88. The Morgan fingerprint density at radius 2 is 2.00 bits per heavy atom. The van der Waals surface area contributed by atoms with Crippen LogP contribution >= 0.6 is 15.9 Å². The Morgan fingerprint density at radius 3 is 2.59 bits per heavy atom. The van der Waals surface area contributed by atoms with Crippen LogP contribution < -0.4 is 4.90 Å². The number of aromatic nitrogens is 3. The number of hydrogen-bond donors (Lipinski definition) is 0. The van der Waals surface area contributed by atoms with Crippen molar-refractivity contribution >= 4 is 32.7 Å². The molecule has 4 nitrogen and oxygen atoms in total. The fourth-order valence-corrected chi connectivity index (χ4v) is 2.66. The van der Waals surface area contributed by atoms with Crippen LogP contribution in [0.1, 0.15) is 19.5 Å². The van der Waals surface area contributed by atoms with Crippen molar-refractivity contribution in [2.24, 2.45) is 7.05 Å². The SMILES string of the molecule is CCN(CC)c1cc(C)nc2c(Br)nn(C)c12. The highest BCUT2D eigenvalue weighted by Gasteiger charge is 2.15. The highest BCUT2D eigenvalue weighted by atomic mass is 79.9. The van der Waals surface area contributed by atoms with Crippen LogP contribution in [0.5, 0.6) is 0 Å². The van der Waals surface area contributed by atoms with E-state index in [0.29, 0.717) is 0 Å². The van der Waals surface area contributed by atoms with E-state index in [-0.39, 0.29) is 0 Å². The minimum Gasteiger partial charge on any atom is -0.370 e. The van der Waals surface area contributed by atoms with Crippen molar-refractivity contribution in [3.05, 3.63) is 16.4 Å². The molecule has 0 saturated heterocycles. The molecule has 0 fully saturated rings. The van der Waals surface area contributed by atoms with Crippen LogP contribution in [0.3, 0.4) is 0 Å². The van der Waals surface area contributed by atoms with Crippen molar-refractivity contribution in [2.75, 3.05) is 18.0 Å². The molecule has 2 aromatic heterocycles. The maximum atomic E-state index is 4.55. The van der Waals surface area contributed by atoms with Crippen molar-refractivity contribution < 1.29 is 0 Å². The summed E-state index contributed by atoms with van der Waals surface area (Å²) in [5, 5.41) is 4.39. The maximum absolute atomic E-state index is 4.55. The lowest BCUT2D eigenvalue weighted by Crippen LogP contribution is -2.22. The van der Waals surface area contributed by atoms with Gasteiger partial charge in [-0.15, -0.1) is 0 Å². The first-order valence-corrected chi connectivity index (χ1v) is 6.62. The van der Waals surface area contributed by atoms with Crippen molar-refractivity contribution in [3.63, 3.8) is 0 Å². The summed E-state index contributed by atoms with van der Waals surface area (Å²) < 4.78 is 2.70. The van der Waals surface area contributed by atoms with Gasteiger partial charge in [-0.2, -0.15) is 5.10 Å². The van der Waals surface area contributed by atoms with Gasteiger partial charge in [-0.25, -0.2) is 4.98 Å². The van der Waals surface area contributed by atoms with Crippen molar-refractivity contribution in [1.82, 2.24) is 14.8 Å². The molecular weight excluding hydrogens is 280 g/mol. The smallest absolute Gasteiger partial charge is 0.154 e. The van der Waals surface area contributed by atoms with Gasteiger partial charge < -0.3 is 4.90 Å². The number of nitrogens with zero attached hydrogens (tertiary/aromatic N) is 4. The van der Waals surface area contributed by atoms with Gasteiger partial charge in [0.2, 0.25) is 0 Å². The number of hydrogen-bond acceptors (Lipinski definition) is 3. The third-order valence-corrected chi connectivity index (χ3v) is 3.50. The molecule has 17 heavy (non-hydrogen) atoms. The third kappa shape index (κ3) is 2.04. The van der Waals surface area contributed by atoms with Gasteiger partial charge in [-0.1, -0.05) is 0 Å². The molecule has 0 bridgehead atoms. The first-order valence-electron chi connectivity index (χ1n) is 5.83. The second kappa shape index (κ2) is 4.64. The number of halogens is 1. The normalized spacial score (nSPS) is 11.1. The highest BCUT2D eigenvalue weighted by Crippen LogP contribution is 2.30. The van der Waals surface area contributed by atoms with E-state index in [0.717, 1.165) is 34.4 Å². The second-order valence-corrected chi connectivity index (χ2v) is 4.82. The van der Waals surface area contributed by atoms with Gasteiger partial charge in [0, 0.05) is 25.8 Å². The predicted molar refractivity (Wildman–Crippen MR) is 74.5 cm³/mol. The molecule has 0 aliphatic heterocycles. The molecule has 0 aromatic carbocycles. The molecule has 0 saturated carbocycles.